The topological polar surface area (TPSA) is 52.6 Å². The minimum atomic E-state index is -0.582. The third-order valence-electron chi connectivity index (χ3n) is 2.68. The van der Waals surface area contributed by atoms with E-state index in [0.29, 0.717) is 11.0 Å². The lowest BCUT2D eigenvalue weighted by Gasteiger charge is -2.16. The molecule has 0 bridgehead atoms. The van der Waals surface area contributed by atoms with E-state index in [0.717, 1.165) is 17.1 Å². The molecule has 4 nitrogen and oxygen atoms in total. The molecule has 0 aromatic heterocycles. The highest BCUT2D eigenvalue weighted by Gasteiger charge is 2.28. The number of hydrogen-bond acceptors (Lipinski definition) is 6. The number of ether oxygens (including phenoxy) is 2. The van der Waals surface area contributed by atoms with Crippen molar-refractivity contribution in [3.63, 3.8) is 0 Å². The van der Waals surface area contributed by atoms with E-state index in [1.54, 1.807) is 27.7 Å². The number of esters is 2. The third-order valence-corrected chi connectivity index (χ3v) is 5.72. The molecule has 1 aliphatic rings. The van der Waals surface area contributed by atoms with Crippen molar-refractivity contribution in [1.29, 1.82) is 0 Å². The molecular weight excluding hydrogens is 308 g/mol. The summed E-state index contributed by atoms with van der Waals surface area (Å²) in [5, 5.41) is 0. The molecular formula is C15H24O4S2. The first-order valence-corrected chi connectivity index (χ1v) is 9.26. The van der Waals surface area contributed by atoms with Crippen LogP contribution in [-0.2, 0) is 19.1 Å². The lowest BCUT2D eigenvalue weighted by molar-refractivity contribution is -0.151. The van der Waals surface area contributed by atoms with E-state index >= 15 is 0 Å². The molecule has 1 saturated heterocycles. The first-order valence-electron chi connectivity index (χ1n) is 7.16. The molecule has 0 atom stereocenters. The van der Waals surface area contributed by atoms with Gasteiger partial charge in [-0.3, -0.25) is 0 Å². The largest absolute Gasteiger partial charge is 0.459 e. The maximum Gasteiger partial charge on any atom is 0.345 e. The maximum absolute atomic E-state index is 12.2. The Morgan fingerprint density at radius 1 is 1.00 bits per heavy atom. The molecule has 0 amide bonds. The summed E-state index contributed by atoms with van der Waals surface area (Å²) < 4.78 is 10.8. The second kappa shape index (κ2) is 8.73. The van der Waals surface area contributed by atoms with Crippen LogP contribution in [-0.4, -0.2) is 40.2 Å². The standard InChI is InChI=1S/C15H24O4S2/c1-9(2)18-14(16)13(15(17)19-10(3)4)11(5)8-12-20-6-7-21-12/h9-10,12H,6-8H2,1-5H3. The minimum Gasteiger partial charge on any atom is -0.459 e. The Hall–Kier alpha value is -0.620. The van der Waals surface area contributed by atoms with Crippen LogP contribution in [0.5, 0.6) is 0 Å². The molecule has 1 rings (SSSR count). The van der Waals surface area contributed by atoms with Crippen molar-refractivity contribution in [3.8, 4) is 0 Å². The lowest BCUT2D eigenvalue weighted by Crippen LogP contribution is -2.24. The molecule has 0 aromatic rings. The van der Waals surface area contributed by atoms with Gasteiger partial charge < -0.3 is 9.47 Å². The summed E-state index contributed by atoms with van der Waals surface area (Å²) >= 11 is 3.73. The molecule has 0 unspecified atom stereocenters. The minimum absolute atomic E-state index is 0.0606. The van der Waals surface area contributed by atoms with Gasteiger partial charge in [-0.25, -0.2) is 9.59 Å². The molecule has 0 saturated carbocycles. The van der Waals surface area contributed by atoms with Crippen molar-refractivity contribution in [2.75, 3.05) is 11.5 Å². The van der Waals surface area contributed by atoms with Crippen LogP contribution in [0.2, 0.25) is 0 Å². The highest BCUT2D eigenvalue weighted by molar-refractivity contribution is 8.20. The van der Waals surface area contributed by atoms with Gasteiger partial charge >= 0.3 is 11.9 Å². The van der Waals surface area contributed by atoms with Gasteiger partial charge in [0.1, 0.15) is 5.57 Å². The van der Waals surface area contributed by atoms with Crippen molar-refractivity contribution in [3.05, 3.63) is 11.1 Å². The predicted molar refractivity (Wildman–Crippen MR) is 88.5 cm³/mol. The number of thioether (sulfide) groups is 2. The normalized spacial score (nSPS) is 15.4. The number of hydrogen-bond donors (Lipinski definition) is 0. The zero-order chi connectivity index (χ0) is 16.0. The highest BCUT2D eigenvalue weighted by atomic mass is 32.2. The maximum atomic E-state index is 12.2. The monoisotopic (exact) mass is 332 g/mol. The zero-order valence-corrected chi connectivity index (χ0v) is 14.9. The quantitative estimate of drug-likeness (QED) is 0.322. The molecule has 21 heavy (non-hydrogen) atoms. The van der Waals surface area contributed by atoms with Crippen LogP contribution in [0.4, 0.5) is 0 Å². The van der Waals surface area contributed by atoms with E-state index in [-0.39, 0.29) is 17.8 Å². The van der Waals surface area contributed by atoms with Crippen LogP contribution < -0.4 is 0 Å². The van der Waals surface area contributed by atoms with E-state index in [1.807, 2.05) is 30.4 Å². The van der Waals surface area contributed by atoms with Crippen molar-refractivity contribution in [1.82, 2.24) is 0 Å². The smallest absolute Gasteiger partial charge is 0.345 e. The Balaban J connectivity index is 2.91. The number of carbonyl (C=O) groups is 2. The predicted octanol–water partition coefficient (Wildman–Crippen LogP) is 3.40. The SMILES string of the molecule is CC(CC1SCCS1)=C(C(=O)OC(C)C)C(=O)OC(C)C. The molecule has 1 fully saturated rings. The average Bonchev–Trinajstić information content (AvgIpc) is 2.79. The Labute approximate surface area is 135 Å². The first kappa shape index (κ1) is 18.4. The Morgan fingerprint density at radius 2 is 1.43 bits per heavy atom. The fraction of sp³-hybridized carbons (Fsp3) is 0.733. The summed E-state index contributed by atoms with van der Waals surface area (Å²) in [4.78, 5) is 24.4. The number of allylic oxidation sites excluding steroid dienone is 1. The Morgan fingerprint density at radius 3 is 1.81 bits per heavy atom. The van der Waals surface area contributed by atoms with Crippen LogP contribution in [0, 0.1) is 0 Å². The van der Waals surface area contributed by atoms with Gasteiger partial charge in [-0.2, -0.15) is 0 Å². The van der Waals surface area contributed by atoms with E-state index < -0.39 is 11.9 Å². The van der Waals surface area contributed by atoms with Gasteiger partial charge in [0, 0.05) is 11.5 Å². The average molecular weight is 332 g/mol. The van der Waals surface area contributed by atoms with Gasteiger partial charge in [0.15, 0.2) is 0 Å². The van der Waals surface area contributed by atoms with E-state index in [9.17, 15) is 9.59 Å². The van der Waals surface area contributed by atoms with Crippen molar-refractivity contribution >= 4 is 35.5 Å². The summed E-state index contributed by atoms with van der Waals surface area (Å²) in [6, 6.07) is 0. The van der Waals surface area contributed by atoms with Gasteiger partial charge in [0.25, 0.3) is 0 Å². The molecule has 120 valence electrons. The van der Waals surface area contributed by atoms with E-state index in [2.05, 4.69) is 0 Å². The molecule has 1 heterocycles. The highest BCUT2D eigenvalue weighted by Crippen LogP contribution is 2.36. The molecule has 0 N–H and O–H groups in total. The fourth-order valence-electron chi connectivity index (χ4n) is 1.85. The van der Waals surface area contributed by atoms with Gasteiger partial charge in [-0.05, 0) is 46.6 Å². The molecule has 0 aromatic carbocycles. The van der Waals surface area contributed by atoms with E-state index in [1.165, 1.54) is 0 Å². The van der Waals surface area contributed by atoms with Crippen LogP contribution >= 0.6 is 23.5 Å². The number of rotatable bonds is 6. The van der Waals surface area contributed by atoms with Crippen LogP contribution in [0.3, 0.4) is 0 Å². The lowest BCUT2D eigenvalue weighted by atomic mass is 10.1. The first-order chi connectivity index (χ1) is 9.81. The van der Waals surface area contributed by atoms with E-state index in [4.69, 9.17) is 9.47 Å². The third kappa shape index (κ3) is 6.34. The second-order valence-electron chi connectivity index (χ2n) is 5.44. The van der Waals surface area contributed by atoms with Crippen LogP contribution in [0.15, 0.2) is 11.1 Å². The van der Waals surface area contributed by atoms with Crippen LogP contribution in [0.25, 0.3) is 0 Å². The van der Waals surface area contributed by atoms with Crippen LogP contribution in [0.1, 0.15) is 41.0 Å². The van der Waals surface area contributed by atoms with Gasteiger partial charge in [-0.1, -0.05) is 0 Å². The summed E-state index contributed by atoms with van der Waals surface area (Å²) in [6.07, 6.45) is 0.176. The van der Waals surface area contributed by atoms with Gasteiger partial charge in [0.05, 0.1) is 16.8 Å². The Kier molecular flexibility index (Phi) is 7.66. The zero-order valence-electron chi connectivity index (χ0n) is 13.3. The fourth-order valence-corrected chi connectivity index (χ4v) is 4.85. The summed E-state index contributed by atoms with van der Waals surface area (Å²) in [6.45, 7) is 8.88. The molecule has 0 aliphatic carbocycles. The number of carbonyl (C=O) groups excluding carboxylic acids is 2. The second-order valence-corrected chi connectivity index (χ2v) is 8.36. The molecule has 1 aliphatic heterocycles. The summed E-state index contributed by atoms with van der Waals surface area (Å²) in [7, 11) is 0. The Bertz CT molecular complexity index is 386. The molecule has 0 spiro atoms. The summed E-state index contributed by atoms with van der Waals surface area (Å²) in [5.41, 5.74) is 0.809. The molecule has 6 heteroatoms. The van der Waals surface area contributed by atoms with Gasteiger partial charge in [-0.15, -0.1) is 23.5 Å². The molecule has 0 radical (unpaired) electrons. The van der Waals surface area contributed by atoms with Crippen molar-refractivity contribution in [2.45, 2.75) is 57.8 Å². The van der Waals surface area contributed by atoms with Gasteiger partial charge in [0.2, 0.25) is 0 Å². The van der Waals surface area contributed by atoms with Crippen molar-refractivity contribution in [2.24, 2.45) is 0 Å². The van der Waals surface area contributed by atoms with Crippen molar-refractivity contribution < 1.29 is 19.1 Å². The summed E-state index contributed by atoms with van der Waals surface area (Å²) in [5.74, 6) is 1.07.